The molecular formula is C32H32N2O4. The number of amides is 2. The van der Waals surface area contributed by atoms with Crippen molar-refractivity contribution < 1.29 is 19.3 Å². The summed E-state index contributed by atoms with van der Waals surface area (Å²) in [5.41, 5.74) is 9.41. The second-order valence-electron chi connectivity index (χ2n) is 8.95. The third-order valence-corrected chi connectivity index (χ3v) is 6.05. The molecule has 0 radical (unpaired) electrons. The van der Waals surface area contributed by atoms with Crippen LogP contribution in [0.15, 0.2) is 109 Å². The van der Waals surface area contributed by atoms with E-state index in [4.69, 9.17) is 9.68 Å². The number of hydrogen-bond donors (Lipinski definition) is 2. The van der Waals surface area contributed by atoms with Crippen LogP contribution in [0, 0.1) is 0 Å². The fraction of sp³-hybridized carbons (Fsp3) is 0.188. The molecule has 0 atom stereocenters. The predicted octanol–water partition coefficient (Wildman–Crippen LogP) is 6.88. The van der Waals surface area contributed by atoms with Gasteiger partial charge in [0, 0.05) is 12.8 Å². The first-order chi connectivity index (χ1) is 18.7. The number of nitrogens with one attached hydrogen (secondary N) is 2. The highest BCUT2D eigenvalue weighted by atomic mass is 16.7. The van der Waals surface area contributed by atoms with E-state index in [2.05, 4.69) is 11.0 Å². The maximum Gasteiger partial charge on any atom is 0.252 e. The first kappa shape index (κ1) is 26.5. The van der Waals surface area contributed by atoms with Gasteiger partial charge in [0.15, 0.2) is 11.5 Å². The molecule has 2 amide bonds. The van der Waals surface area contributed by atoms with Crippen molar-refractivity contribution in [3.05, 3.63) is 109 Å². The Morgan fingerprint density at radius 2 is 0.789 bits per heavy atom. The molecule has 0 heterocycles. The Morgan fingerprint density at radius 3 is 1.16 bits per heavy atom. The lowest BCUT2D eigenvalue weighted by molar-refractivity contribution is -0.128. The molecular weight excluding hydrogens is 476 g/mol. The van der Waals surface area contributed by atoms with E-state index in [1.165, 1.54) is 0 Å². The highest BCUT2D eigenvalue weighted by molar-refractivity contribution is 5.75. The van der Waals surface area contributed by atoms with Crippen molar-refractivity contribution in [2.24, 2.45) is 0 Å². The van der Waals surface area contributed by atoms with Crippen molar-refractivity contribution in [3.63, 3.8) is 0 Å². The smallest absolute Gasteiger partial charge is 0.252 e. The number of benzene rings is 4. The molecule has 194 valence electrons. The summed E-state index contributed by atoms with van der Waals surface area (Å²) in [4.78, 5) is 34.9. The van der Waals surface area contributed by atoms with E-state index in [9.17, 15) is 9.59 Å². The molecule has 38 heavy (non-hydrogen) atoms. The van der Waals surface area contributed by atoms with Crippen LogP contribution in [0.4, 0.5) is 0 Å². The minimum absolute atomic E-state index is 0.165. The van der Waals surface area contributed by atoms with Gasteiger partial charge in [-0.25, -0.2) is 0 Å². The molecule has 0 aliphatic rings. The van der Waals surface area contributed by atoms with E-state index in [1.54, 1.807) is 0 Å². The van der Waals surface area contributed by atoms with Gasteiger partial charge in [-0.3, -0.25) is 9.59 Å². The van der Waals surface area contributed by atoms with Crippen LogP contribution in [0.5, 0.6) is 11.5 Å². The summed E-state index contributed by atoms with van der Waals surface area (Å²) >= 11 is 0. The van der Waals surface area contributed by atoms with Crippen LogP contribution in [0.1, 0.15) is 38.5 Å². The number of rotatable bonds is 13. The maximum atomic E-state index is 12.1. The third kappa shape index (κ3) is 8.52. The second-order valence-corrected chi connectivity index (χ2v) is 8.95. The summed E-state index contributed by atoms with van der Waals surface area (Å²) < 4.78 is 0. The molecule has 0 aliphatic heterocycles. The Kier molecular flexibility index (Phi) is 9.92. The van der Waals surface area contributed by atoms with Gasteiger partial charge in [0.05, 0.1) is 0 Å². The van der Waals surface area contributed by atoms with E-state index < -0.39 is 0 Å². The minimum atomic E-state index is -0.165. The SMILES string of the molecule is O=C(CCCCCCC(=O)NOc1ccc(-c2ccccc2)cc1)NOc1ccc(-c2ccccc2)cc1. The predicted molar refractivity (Wildman–Crippen MR) is 149 cm³/mol. The average molecular weight is 509 g/mol. The molecule has 2 N–H and O–H groups in total. The Balaban J connectivity index is 1.04. The number of carbonyl (C=O) groups is 2. The zero-order chi connectivity index (χ0) is 26.4. The number of hydrogen-bond acceptors (Lipinski definition) is 4. The monoisotopic (exact) mass is 508 g/mol. The van der Waals surface area contributed by atoms with Crippen molar-refractivity contribution in [2.75, 3.05) is 0 Å². The molecule has 0 aliphatic carbocycles. The normalized spacial score (nSPS) is 10.4. The van der Waals surface area contributed by atoms with Crippen LogP contribution in [-0.2, 0) is 9.59 Å². The van der Waals surface area contributed by atoms with Gasteiger partial charge in [-0.1, -0.05) is 97.8 Å². The molecule has 4 aromatic rings. The molecule has 0 saturated heterocycles. The van der Waals surface area contributed by atoms with Gasteiger partial charge in [-0.05, 0) is 59.4 Å². The summed E-state index contributed by atoms with van der Waals surface area (Å²) in [6, 6.07) is 35.3. The van der Waals surface area contributed by atoms with Gasteiger partial charge in [0.1, 0.15) is 0 Å². The van der Waals surface area contributed by atoms with E-state index >= 15 is 0 Å². The van der Waals surface area contributed by atoms with Crippen LogP contribution in [0.3, 0.4) is 0 Å². The Morgan fingerprint density at radius 1 is 0.447 bits per heavy atom. The molecule has 4 rings (SSSR count). The molecule has 0 aromatic heterocycles. The van der Waals surface area contributed by atoms with Crippen molar-refractivity contribution >= 4 is 11.8 Å². The van der Waals surface area contributed by atoms with Crippen molar-refractivity contribution in [3.8, 4) is 33.8 Å². The molecule has 0 bridgehead atoms. The molecule has 0 fully saturated rings. The van der Waals surface area contributed by atoms with E-state index in [0.717, 1.165) is 47.9 Å². The summed E-state index contributed by atoms with van der Waals surface area (Å²) in [6.45, 7) is 0. The van der Waals surface area contributed by atoms with Gasteiger partial charge in [0.2, 0.25) is 0 Å². The van der Waals surface area contributed by atoms with Crippen LogP contribution in [0.25, 0.3) is 22.3 Å². The first-order valence-corrected chi connectivity index (χ1v) is 12.9. The molecule has 4 aromatic carbocycles. The number of hydroxylamine groups is 2. The van der Waals surface area contributed by atoms with Gasteiger partial charge in [-0.2, -0.15) is 11.0 Å². The minimum Gasteiger partial charge on any atom is -0.380 e. The zero-order valence-electron chi connectivity index (χ0n) is 21.3. The Bertz CT molecular complexity index is 1170. The molecule has 0 saturated carbocycles. The number of carbonyl (C=O) groups excluding carboxylic acids is 2. The lowest BCUT2D eigenvalue weighted by atomic mass is 10.1. The summed E-state index contributed by atoms with van der Waals surface area (Å²) in [5.74, 6) is 0.833. The Labute approximate surface area is 223 Å². The highest BCUT2D eigenvalue weighted by Gasteiger charge is 2.06. The second kappa shape index (κ2) is 14.2. The standard InChI is InChI=1S/C32H32N2O4/c35-31(33-37-29-21-17-27(18-22-29)25-11-5-3-6-12-25)15-9-1-2-10-16-32(36)34-38-30-23-19-28(20-24-30)26-13-7-4-8-14-26/h3-8,11-14,17-24H,1-2,9-10,15-16H2,(H,33,35)(H,34,36). The maximum absolute atomic E-state index is 12.1. The topological polar surface area (TPSA) is 76.7 Å². The van der Waals surface area contributed by atoms with E-state index in [0.29, 0.717) is 24.3 Å². The van der Waals surface area contributed by atoms with Gasteiger partial charge < -0.3 is 9.68 Å². The lowest BCUT2D eigenvalue weighted by Gasteiger charge is -2.09. The van der Waals surface area contributed by atoms with Gasteiger partial charge in [0.25, 0.3) is 11.8 Å². The Hall–Kier alpha value is -4.58. The fourth-order valence-electron chi connectivity index (χ4n) is 3.95. The summed E-state index contributed by atoms with van der Waals surface area (Å²) in [6.07, 6.45) is 3.91. The largest absolute Gasteiger partial charge is 0.380 e. The van der Waals surface area contributed by atoms with Crippen LogP contribution in [-0.4, -0.2) is 11.8 Å². The zero-order valence-corrected chi connectivity index (χ0v) is 21.3. The molecule has 6 heteroatoms. The lowest BCUT2D eigenvalue weighted by Crippen LogP contribution is -2.26. The summed E-state index contributed by atoms with van der Waals surface area (Å²) in [5, 5.41) is 0. The number of unbranched alkanes of at least 4 members (excludes halogenated alkanes) is 3. The summed E-state index contributed by atoms with van der Waals surface area (Å²) in [7, 11) is 0. The van der Waals surface area contributed by atoms with Gasteiger partial charge >= 0.3 is 0 Å². The van der Waals surface area contributed by atoms with E-state index in [1.807, 2.05) is 109 Å². The van der Waals surface area contributed by atoms with Crippen LogP contribution < -0.4 is 20.6 Å². The highest BCUT2D eigenvalue weighted by Crippen LogP contribution is 2.23. The van der Waals surface area contributed by atoms with Crippen molar-refractivity contribution in [1.82, 2.24) is 11.0 Å². The quantitative estimate of drug-likeness (QED) is 0.152. The molecule has 6 nitrogen and oxygen atoms in total. The van der Waals surface area contributed by atoms with Crippen molar-refractivity contribution in [1.29, 1.82) is 0 Å². The fourth-order valence-corrected chi connectivity index (χ4v) is 3.95. The average Bonchev–Trinajstić information content (AvgIpc) is 2.98. The molecule has 0 spiro atoms. The molecule has 0 unspecified atom stereocenters. The van der Waals surface area contributed by atoms with Crippen molar-refractivity contribution in [2.45, 2.75) is 38.5 Å². The first-order valence-electron chi connectivity index (χ1n) is 12.9. The van der Waals surface area contributed by atoms with Gasteiger partial charge in [-0.15, -0.1) is 0 Å². The van der Waals surface area contributed by atoms with Crippen LogP contribution in [0.2, 0.25) is 0 Å². The van der Waals surface area contributed by atoms with E-state index in [-0.39, 0.29) is 11.8 Å². The third-order valence-electron chi connectivity index (χ3n) is 6.05. The van der Waals surface area contributed by atoms with Crippen LogP contribution >= 0.6 is 0 Å².